The highest BCUT2D eigenvalue weighted by Gasteiger charge is 2.16. The number of hydrogen-bond donors (Lipinski definition) is 1. The van der Waals surface area contributed by atoms with Crippen molar-refractivity contribution >= 4 is 17.7 Å². The van der Waals surface area contributed by atoms with E-state index in [0.717, 1.165) is 18.6 Å². The third-order valence-corrected chi connectivity index (χ3v) is 1.67. The molecule has 6 nitrogen and oxygen atoms in total. The standard InChI is InChI=1S/C9H12N2O4/c1-7(12)10-8(13)3-4-9(14)11-5-2-6-15-11/h3-4H,2,5-6H2,1H3,(H,10,12,13)/b4-3+. The summed E-state index contributed by atoms with van der Waals surface area (Å²) in [6.07, 6.45) is 2.87. The minimum atomic E-state index is -0.616. The highest BCUT2D eigenvalue weighted by Crippen LogP contribution is 2.04. The molecule has 15 heavy (non-hydrogen) atoms. The molecule has 1 fully saturated rings. The molecule has 1 heterocycles. The van der Waals surface area contributed by atoms with Crippen molar-refractivity contribution in [3.63, 3.8) is 0 Å². The van der Waals surface area contributed by atoms with E-state index in [0.29, 0.717) is 13.2 Å². The molecule has 0 unspecified atom stereocenters. The summed E-state index contributed by atoms with van der Waals surface area (Å²) in [6, 6.07) is 0. The van der Waals surface area contributed by atoms with E-state index in [1.165, 1.54) is 12.0 Å². The third-order valence-electron chi connectivity index (χ3n) is 1.67. The Hall–Kier alpha value is -1.69. The number of carbonyl (C=O) groups excluding carboxylic acids is 3. The zero-order valence-corrected chi connectivity index (χ0v) is 8.36. The van der Waals surface area contributed by atoms with Crippen molar-refractivity contribution in [1.82, 2.24) is 10.4 Å². The zero-order valence-electron chi connectivity index (χ0n) is 8.36. The van der Waals surface area contributed by atoms with Crippen LogP contribution in [0, 0.1) is 0 Å². The summed E-state index contributed by atoms with van der Waals surface area (Å²) in [7, 11) is 0. The van der Waals surface area contributed by atoms with Gasteiger partial charge in [-0.2, -0.15) is 0 Å². The Labute approximate surface area is 86.8 Å². The smallest absolute Gasteiger partial charge is 0.270 e. The Morgan fingerprint density at radius 1 is 1.33 bits per heavy atom. The first-order valence-electron chi connectivity index (χ1n) is 4.53. The summed E-state index contributed by atoms with van der Waals surface area (Å²) >= 11 is 0. The van der Waals surface area contributed by atoms with Crippen LogP contribution in [-0.2, 0) is 19.2 Å². The molecule has 1 rings (SSSR count). The predicted molar refractivity (Wildman–Crippen MR) is 50.2 cm³/mol. The lowest BCUT2D eigenvalue weighted by molar-refractivity contribution is -0.162. The molecule has 82 valence electrons. The third kappa shape index (κ3) is 3.90. The summed E-state index contributed by atoms with van der Waals surface area (Å²) in [6.45, 7) is 2.26. The van der Waals surface area contributed by atoms with E-state index in [4.69, 9.17) is 4.84 Å². The molecule has 0 radical (unpaired) electrons. The molecule has 6 heteroatoms. The highest BCUT2D eigenvalue weighted by atomic mass is 16.7. The fraction of sp³-hybridized carbons (Fsp3) is 0.444. The van der Waals surface area contributed by atoms with Crippen molar-refractivity contribution in [2.75, 3.05) is 13.2 Å². The second-order valence-corrected chi connectivity index (χ2v) is 3.01. The van der Waals surface area contributed by atoms with Gasteiger partial charge in [-0.25, -0.2) is 5.06 Å². The summed E-state index contributed by atoms with van der Waals surface area (Å²) in [5.41, 5.74) is 0. The average Bonchev–Trinajstić information content (AvgIpc) is 2.65. The number of nitrogens with zero attached hydrogens (tertiary/aromatic N) is 1. The van der Waals surface area contributed by atoms with E-state index >= 15 is 0 Å². The number of imide groups is 1. The largest absolute Gasteiger partial charge is 0.293 e. The zero-order chi connectivity index (χ0) is 11.3. The topological polar surface area (TPSA) is 75.7 Å². The van der Waals surface area contributed by atoms with Gasteiger partial charge in [-0.15, -0.1) is 0 Å². The first kappa shape index (κ1) is 11.4. The molecule has 1 saturated heterocycles. The first-order valence-corrected chi connectivity index (χ1v) is 4.53. The predicted octanol–water partition coefficient (Wildman–Crippen LogP) is -0.631. The van der Waals surface area contributed by atoms with E-state index in [2.05, 4.69) is 0 Å². The van der Waals surface area contributed by atoms with Crippen LogP contribution in [0.1, 0.15) is 13.3 Å². The molecule has 0 saturated carbocycles. The second kappa shape index (κ2) is 5.26. The van der Waals surface area contributed by atoms with Gasteiger partial charge < -0.3 is 0 Å². The molecule has 0 aliphatic carbocycles. The maximum atomic E-state index is 11.3. The van der Waals surface area contributed by atoms with Gasteiger partial charge in [-0.05, 0) is 6.42 Å². The molecule has 0 bridgehead atoms. The average molecular weight is 212 g/mol. The van der Waals surface area contributed by atoms with Crippen molar-refractivity contribution in [3.8, 4) is 0 Å². The van der Waals surface area contributed by atoms with Crippen LogP contribution in [0.25, 0.3) is 0 Å². The number of rotatable bonds is 2. The molecule has 1 aliphatic heterocycles. The van der Waals surface area contributed by atoms with Gasteiger partial charge in [0.05, 0.1) is 13.2 Å². The summed E-state index contributed by atoms with van der Waals surface area (Å²) in [5, 5.41) is 3.19. The lowest BCUT2D eigenvalue weighted by Gasteiger charge is -2.09. The number of hydrogen-bond acceptors (Lipinski definition) is 4. The van der Waals surface area contributed by atoms with E-state index < -0.39 is 17.7 Å². The number of amides is 3. The van der Waals surface area contributed by atoms with Gasteiger partial charge in [0.25, 0.3) is 11.8 Å². The van der Waals surface area contributed by atoms with Crippen molar-refractivity contribution < 1.29 is 19.2 Å². The number of nitrogens with one attached hydrogen (secondary N) is 1. The van der Waals surface area contributed by atoms with Gasteiger partial charge in [0, 0.05) is 19.1 Å². The van der Waals surface area contributed by atoms with E-state index in [1.54, 1.807) is 0 Å². The van der Waals surface area contributed by atoms with Crippen LogP contribution >= 0.6 is 0 Å². The SMILES string of the molecule is CC(=O)NC(=O)/C=C/C(=O)N1CCCO1. The van der Waals surface area contributed by atoms with Crippen LogP contribution in [0.4, 0.5) is 0 Å². The summed E-state index contributed by atoms with van der Waals surface area (Å²) < 4.78 is 0. The lowest BCUT2D eigenvalue weighted by atomic mass is 10.4. The molecule has 3 amide bonds. The van der Waals surface area contributed by atoms with Crippen molar-refractivity contribution in [2.24, 2.45) is 0 Å². The van der Waals surface area contributed by atoms with Gasteiger partial charge in [0.2, 0.25) is 5.91 Å². The highest BCUT2D eigenvalue weighted by molar-refractivity contribution is 6.03. The van der Waals surface area contributed by atoms with Crippen LogP contribution in [0.15, 0.2) is 12.2 Å². The molecule has 0 spiro atoms. The maximum Gasteiger partial charge on any atom is 0.270 e. The van der Waals surface area contributed by atoms with Gasteiger partial charge in [-0.3, -0.25) is 24.5 Å². The summed E-state index contributed by atoms with van der Waals surface area (Å²) in [4.78, 5) is 37.7. The fourth-order valence-electron chi connectivity index (χ4n) is 1.07. The molecule has 0 aromatic heterocycles. The normalized spacial score (nSPS) is 15.7. The van der Waals surface area contributed by atoms with Crippen LogP contribution in [-0.4, -0.2) is 35.9 Å². The quantitative estimate of drug-likeness (QED) is 0.618. The molecular weight excluding hydrogens is 200 g/mol. The van der Waals surface area contributed by atoms with E-state index in [9.17, 15) is 14.4 Å². The molecule has 0 atom stereocenters. The van der Waals surface area contributed by atoms with Gasteiger partial charge >= 0.3 is 0 Å². The summed E-state index contributed by atoms with van der Waals surface area (Å²) in [5.74, 6) is -1.48. The van der Waals surface area contributed by atoms with E-state index in [-0.39, 0.29) is 0 Å². The van der Waals surface area contributed by atoms with Crippen molar-refractivity contribution in [3.05, 3.63) is 12.2 Å². The Bertz CT molecular complexity index is 305. The second-order valence-electron chi connectivity index (χ2n) is 3.01. The van der Waals surface area contributed by atoms with Crippen LogP contribution in [0.5, 0.6) is 0 Å². The minimum absolute atomic E-state index is 0.397. The molecule has 1 N–H and O–H groups in total. The van der Waals surface area contributed by atoms with Gasteiger partial charge in [0.15, 0.2) is 0 Å². The molecule has 0 aromatic rings. The monoisotopic (exact) mass is 212 g/mol. The van der Waals surface area contributed by atoms with Crippen LogP contribution in [0.3, 0.4) is 0 Å². The Morgan fingerprint density at radius 3 is 2.60 bits per heavy atom. The number of carbonyl (C=O) groups is 3. The lowest BCUT2D eigenvalue weighted by Crippen LogP contribution is -2.28. The van der Waals surface area contributed by atoms with Crippen LogP contribution in [0.2, 0.25) is 0 Å². The van der Waals surface area contributed by atoms with Gasteiger partial charge in [0.1, 0.15) is 0 Å². The van der Waals surface area contributed by atoms with Crippen molar-refractivity contribution in [2.45, 2.75) is 13.3 Å². The Kier molecular flexibility index (Phi) is 3.99. The molecular formula is C9H12N2O4. The molecule has 0 aromatic carbocycles. The van der Waals surface area contributed by atoms with Gasteiger partial charge in [-0.1, -0.05) is 0 Å². The Morgan fingerprint density at radius 2 is 2.07 bits per heavy atom. The fourth-order valence-corrected chi connectivity index (χ4v) is 1.07. The van der Waals surface area contributed by atoms with Crippen LogP contribution < -0.4 is 5.32 Å². The first-order chi connectivity index (χ1) is 7.09. The number of hydroxylamine groups is 2. The minimum Gasteiger partial charge on any atom is -0.293 e. The van der Waals surface area contributed by atoms with E-state index in [1.807, 2.05) is 5.32 Å². The Balaban J connectivity index is 2.39. The molecule has 1 aliphatic rings. The van der Waals surface area contributed by atoms with Crippen molar-refractivity contribution in [1.29, 1.82) is 0 Å². The maximum absolute atomic E-state index is 11.3.